The number of anilines is 2. The van der Waals surface area contributed by atoms with E-state index in [1.807, 2.05) is 0 Å². The normalized spacial score (nSPS) is 10.1. The van der Waals surface area contributed by atoms with E-state index in [4.69, 9.17) is 4.74 Å². The van der Waals surface area contributed by atoms with Crippen LogP contribution in [0.2, 0.25) is 0 Å². The Hall–Kier alpha value is -2.90. The Morgan fingerprint density at radius 2 is 1.95 bits per heavy atom. The van der Waals surface area contributed by atoms with Gasteiger partial charge in [0.2, 0.25) is 0 Å². The topological polar surface area (TPSA) is 85.2 Å². The predicted octanol–water partition coefficient (Wildman–Crippen LogP) is 2.38. The molecule has 1 heterocycles. The minimum absolute atomic E-state index is 0.0839. The summed E-state index contributed by atoms with van der Waals surface area (Å²) in [7, 11) is 1.61. The van der Waals surface area contributed by atoms with Crippen molar-refractivity contribution in [3.63, 3.8) is 0 Å². The van der Waals surface area contributed by atoms with E-state index < -0.39 is 17.8 Å². The smallest absolute Gasteiger partial charge is 0.358 e. The second kappa shape index (κ2) is 6.70. The molecule has 2 aromatic rings. The fourth-order valence-corrected chi connectivity index (χ4v) is 1.76. The number of nitrogens with one attached hydrogen (secondary N) is 2. The van der Waals surface area contributed by atoms with Gasteiger partial charge < -0.3 is 14.6 Å². The Balaban J connectivity index is 2.08. The molecular weight excluding hydrogens is 291 g/mol. The van der Waals surface area contributed by atoms with Gasteiger partial charge >= 0.3 is 12.0 Å². The van der Waals surface area contributed by atoms with Crippen LogP contribution in [-0.2, 0) is 11.8 Å². The minimum Gasteiger partial charge on any atom is -0.461 e. The maximum absolute atomic E-state index is 12.8. The molecule has 0 aliphatic heterocycles. The number of urea groups is 1. The van der Waals surface area contributed by atoms with Crippen LogP contribution in [0.3, 0.4) is 0 Å². The number of imidazole rings is 1. The molecule has 0 saturated carbocycles. The molecule has 116 valence electrons. The molecule has 2 N–H and O–H groups in total. The van der Waals surface area contributed by atoms with E-state index in [9.17, 15) is 14.0 Å². The SMILES string of the molecule is CCOC(=O)c1c(NC(=O)Nc2ccc(F)cc2)ncn1C. The second-order valence-electron chi connectivity index (χ2n) is 4.36. The third kappa shape index (κ3) is 3.60. The number of benzene rings is 1. The van der Waals surface area contributed by atoms with Crippen LogP contribution in [0.25, 0.3) is 0 Å². The van der Waals surface area contributed by atoms with Gasteiger partial charge in [-0.2, -0.15) is 0 Å². The second-order valence-corrected chi connectivity index (χ2v) is 4.36. The molecule has 0 fully saturated rings. The van der Waals surface area contributed by atoms with Crippen LogP contribution in [-0.4, -0.2) is 28.2 Å². The van der Waals surface area contributed by atoms with Crippen molar-refractivity contribution in [3.8, 4) is 0 Å². The summed E-state index contributed by atoms with van der Waals surface area (Å²) in [4.78, 5) is 27.7. The molecule has 22 heavy (non-hydrogen) atoms. The average Bonchev–Trinajstić information content (AvgIpc) is 2.82. The number of rotatable bonds is 4. The number of halogens is 1. The first kappa shape index (κ1) is 15.5. The Kier molecular flexibility index (Phi) is 4.72. The van der Waals surface area contributed by atoms with Gasteiger partial charge in [-0.1, -0.05) is 0 Å². The van der Waals surface area contributed by atoms with Crippen molar-refractivity contribution in [1.82, 2.24) is 9.55 Å². The first-order valence-electron chi connectivity index (χ1n) is 6.53. The molecule has 0 bridgehead atoms. The van der Waals surface area contributed by atoms with E-state index in [1.54, 1.807) is 14.0 Å². The summed E-state index contributed by atoms with van der Waals surface area (Å²) in [5.74, 6) is -0.902. The zero-order valence-corrected chi connectivity index (χ0v) is 12.1. The van der Waals surface area contributed by atoms with Gasteiger partial charge in [0.25, 0.3) is 0 Å². The van der Waals surface area contributed by atoms with Gasteiger partial charge in [0, 0.05) is 12.7 Å². The van der Waals surface area contributed by atoms with Crippen molar-refractivity contribution in [1.29, 1.82) is 0 Å². The van der Waals surface area contributed by atoms with Crippen molar-refractivity contribution in [3.05, 3.63) is 42.1 Å². The summed E-state index contributed by atoms with van der Waals surface area (Å²) in [5.41, 5.74) is 0.545. The van der Waals surface area contributed by atoms with Crippen LogP contribution in [0.15, 0.2) is 30.6 Å². The summed E-state index contributed by atoms with van der Waals surface area (Å²) in [6.07, 6.45) is 1.39. The number of aryl methyl sites for hydroxylation is 1. The van der Waals surface area contributed by atoms with Gasteiger partial charge in [-0.3, -0.25) is 5.32 Å². The van der Waals surface area contributed by atoms with Gasteiger partial charge in [-0.05, 0) is 31.2 Å². The van der Waals surface area contributed by atoms with Gasteiger partial charge in [0.15, 0.2) is 11.5 Å². The molecule has 0 saturated heterocycles. The number of ether oxygens (including phenoxy) is 1. The molecule has 0 aliphatic carbocycles. The van der Waals surface area contributed by atoms with Crippen molar-refractivity contribution in [2.24, 2.45) is 7.05 Å². The molecule has 1 aromatic carbocycles. The lowest BCUT2D eigenvalue weighted by molar-refractivity contribution is 0.0516. The van der Waals surface area contributed by atoms with E-state index in [1.165, 1.54) is 35.2 Å². The largest absolute Gasteiger partial charge is 0.461 e. The highest BCUT2D eigenvalue weighted by molar-refractivity contribution is 6.03. The fraction of sp³-hybridized carbons (Fsp3) is 0.214. The van der Waals surface area contributed by atoms with E-state index in [0.29, 0.717) is 5.69 Å². The molecule has 0 radical (unpaired) electrons. The van der Waals surface area contributed by atoms with E-state index >= 15 is 0 Å². The third-order valence-electron chi connectivity index (χ3n) is 2.74. The summed E-state index contributed by atoms with van der Waals surface area (Å²) in [6.45, 7) is 1.90. The van der Waals surface area contributed by atoms with Crippen LogP contribution in [0.5, 0.6) is 0 Å². The molecular formula is C14H15FN4O3. The first-order valence-corrected chi connectivity index (χ1v) is 6.53. The quantitative estimate of drug-likeness (QED) is 0.849. The van der Waals surface area contributed by atoms with Gasteiger partial charge in [-0.25, -0.2) is 19.0 Å². The third-order valence-corrected chi connectivity index (χ3v) is 2.74. The van der Waals surface area contributed by atoms with Crippen molar-refractivity contribution in [2.45, 2.75) is 6.92 Å². The maximum Gasteiger partial charge on any atom is 0.358 e. The van der Waals surface area contributed by atoms with Crippen LogP contribution < -0.4 is 10.6 Å². The number of carbonyl (C=O) groups excluding carboxylic acids is 2. The number of esters is 1. The highest BCUT2D eigenvalue weighted by Crippen LogP contribution is 2.15. The average molecular weight is 306 g/mol. The molecule has 8 heteroatoms. The minimum atomic E-state index is -0.601. The molecule has 0 unspecified atom stereocenters. The predicted molar refractivity (Wildman–Crippen MR) is 78.2 cm³/mol. The fourth-order valence-electron chi connectivity index (χ4n) is 1.76. The Morgan fingerprint density at radius 3 is 2.59 bits per heavy atom. The Bertz CT molecular complexity index is 682. The zero-order valence-electron chi connectivity index (χ0n) is 12.1. The number of aromatic nitrogens is 2. The monoisotopic (exact) mass is 306 g/mol. The van der Waals surface area contributed by atoms with E-state index in [-0.39, 0.29) is 18.1 Å². The number of nitrogens with zero attached hydrogens (tertiary/aromatic N) is 2. The van der Waals surface area contributed by atoms with Crippen molar-refractivity contribution >= 4 is 23.5 Å². The van der Waals surface area contributed by atoms with E-state index in [2.05, 4.69) is 15.6 Å². The number of hydrogen-bond donors (Lipinski definition) is 2. The molecule has 0 aliphatic rings. The number of hydrogen-bond acceptors (Lipinski definition) is 4. The molecule has 0 atom stereocenters. The van der Waals surface area contributed by atoms with Gasteiger partial charge in [0.05, 0.1) is 12.9 Å². The number of amides is 2. The lowest BCUT2D eigenvalue weighted by atomic mass is 10.3. The van der Waals surface area contributed by atoms with Crippen LogP contribution in [0, 0.1) is 5.82 Å². The number of carbonyl (C=O) groups is 2. The standard InChI is InChI=1S/C14H15FN4O3/c1-3-22-13(20)11-12(16-8-19(11)2)18-14(21)17-10-6-4-9(15)5-7-10/h4-8H,3H2,1-2H3,(H2,17,18,21). The first-order chi connectivity index (χ1) is 10.5. The van der Waals surface area contributed by atoms with Crippen molar-refractivity contribution < 1.29 is 18.7 Å². The summed E-state index contributed by atoms with van der Waals surface area (Å²) < 4.78 is 19.2. The molecule has 1 aromatic heterocycles. The van der Waals surface area contributed by atoms with Gasteiger partial charge in [0.1, 0.15) is 5.82 Å². The Labute approximate surface area is 126 Å². The summed E-state index contributed by atoms with van der Waals surface area (Å²) >= 11 is 0. The van der Waals surface area contributed by atoms with Crippen LogP contribution in [0.1, 0.15) is 17.4 Å². The van der Waals surface area contributed by atoms with Crippen molar-refractivity contribution in [2.75, 3.05) is 17.2 Å². The van der Waals surface area contributed by atoms with Crippen LogP contribution >= 0.6 is 0 Å². The van der Waals surface area contributed by atoms with Crippen LogP contribution in [0.4, 0.5) is 20.7 Å². The highest BCUT2D eigenvalue weighted by atomic mass is 19.1. The lowest BCUT2D eigenvalue weighted by Gasteiger charge is -2.08. The lowest BCUT2D eigenvalue weighted by Crippen LogP contribution is -2.22. The summed E-state index contributed by atoms with van der Waals surface area (Å²) in [5, 5.41) is 4.96. The zero-order chi connectivity index (χ0) is 16.1. The summed E-state index contributed by atoms with van der Waals surface area (Å²) in [6, 6.07) is 4.68. The molecule has 0 spiro atoms. The molecule has 7 nitrogen and oxygen atoms in total. The maximum atomic E-state index is 12.8. The highest BCUT2D eigenvalue weighted by Gasteiger charge is 2.20. The van der Waals surface area contributed by atoms with Gasteiger partial charge in [-0.15, -0.1) is 0 Å². The molecule has 2 rings (SSSR count). The Morgan fingerprint density at radius 1 is 1.27 bits per heavy atom. The molecule has 2 amide bonds. The van der Waals surface area contributed by atoms with E-state index in [0.717, 1.165) is 0 Å².